The first kappa shape index (κ1) is 11.4. The molecule has 1 aromatic carbocycles. The lowest BCUT2D eigenvalue weighted by atomic mass is 10.1. The summed E-state index contributed by atoms with van der Waals surface area (Å²) in [6, 6.07) is 5.05. The van der Waals surface area contributed by atoms with Gasteiger partial charge in [0, 0.05) is 9.86 Å². The van der Waals surface area contributed by atoms with E-state index in [0.717, 1.165) is 4.47 Å². The van der Waals surface area contributed by atoms with E-state index in [0.29, 0.717) is 11.0 Å². The molecule has 2 aromatic rings. The topological polar surface area (TPSA) is 47.3 Å². The first-order chi connectivity index (χ1) is 7.50. The van der Waals surface area contributed by atoms with Crippen LogP contribution in [0.5, 0.6) is 0 Å². The van der Waals surface area contributed by atoms with Crippen LogP contribution < -0.4 is 5.63 Å². The van der Waals surface area contributed by atoms with Crippen LogP contribution in [-0.2, 0) is 0 Å². The smallest absolute Gasteiger partial charge is 0.348 e. The van der Waals surface area contributed by atoms with Crippen LogP contribution in [0.1, 0.15) is 17.3 Å². The van der Waals surface area contributed by atoms with Gasteiger partial charge in [-0.05, 0) is 25.1 Å². The molecule has 0 amide bonds. The molecule has 2 rings (SSSR count). The van der Waals surface area contributed by atoms with Gasteiger partial charge in [0.25, 0.3) is 0 Å². The Morgan fingerprint density at radius 3 is 2.75 bits per heavy atom. The minimum atomic E-state index is -0.702. The fraction of sp³-hybridized carbons (Fsp3) is 0.0909. The van der Waals surface area contributed by atoms with E-state index in [1.807, 2.05) is 0 Å². The minimum absolute atomic E-state index is 0.104. The molecule has 0 saturated heterocycles. The molecule has 5 heteroatoms. The maximum Gasteiger partial charge on any atom is 0.348 e. The third-order valence-electron chi connectivity index (χ3n) is 2.16. The second-order valence-electron chi connectivity index (χ2n) is 3.28. The summed E-state index contributed by atoms with van der Waals surface area (Å²) < 4.78 is 5.80. The standard InChI is InChI=1S/C11H6BrClO3/c1-5(14)9-10(13)7-4-6(12)2-3-8(7)16-11(9)15/h2-4H,1H3. The third kappa shape index (κ3) is 1.79. The van der Waals surface area contributed by atoms with Crippen molar-refractivity contribution in [3.05, 3.63) is 43.7 Å². The SMILES string of the molecule is CC(=O)c1c(Cl)c2cc(Br)ccc2oc1=O. The summed E-state index contributed by atoms with van der Waals surface area (Å²) in [4.78, 5) is 22.8. The molecule has 1 heterocycles. The van der Waals surface area contributed by atoms with Crippen molar-refractivity contribution >= 4 is 44.3 Å². The highest BCUT2D eigenvalue weighted by molar-refractivity contribution is 9.10. The van der Waals surface area contributed by atoms with E-state index in [4.69, 9.17) is 16.0 Å². The van der Waals surface area contributed by atoms with Crippen LogP contribution in [0.25, 0.3) is 11.0 Å². The molecule has 1 aromatic heterocycles. The summed E-state index contributed by atoms with van der Waals surface area (Å²) in [5, 5.41) is 0.681. The van der Waals surface area contributed by atoms with Crippen molar-refractivity contribution in [2.24, 2.45) is 0 Å². The Morgan fingerprint density at radius 1 is 1.44 bits per heavy atom. The molecule has 3 nitrogen and oxygen atoms in total. The third-order valence-corrected chi connectivity index (χ3v) is 3.04. The lowest BCUT2D eigenvalue weighted by molar-refractivity contribution is 0.101. The highest BCUT2D eigenvalue weighted by Gasteiger charge is 2.16. The fourth-order valence-corrected chi connectivity index (χ4v) is 2.16. The quantitative estimate of drug-likeness (QED) is 0.599. The van der Waals surface area contributed by atoms with Crippen LogP contribution in [0.15, 0.2) is 31.9 Å². The second kappa shape index (κ2) is 4.03. The summed E-state index contributed by atoms with van der Waals surface area (Å²) in [5.41, 5.74) is -0.442. The zero-order valence-corrected chi connectivity index (χ0v) is 10.6. The van der Waals surface area contributed by atoms with E-state index in [1.54, 1.807) is 18.2 Å². The number of ketones is 1. The van der Waals surface area contributed by atoms with Crippen LogP contribution in [0.3, 0.4) is 0 Å². The van der Waals surface area contributed by atoms with E-state index < -0.39 is 11.4 Å². The van der Waals surface area contributed by atoms with E-state index in [-0.39, 0.29) is 10.6 Å². The number of halogens is 2. The van der Waals surface area contributed by atoms with E-state index in [2.05, 4.69) is 15.9 Å². The largest absolute Gasteiger partial charge is 0.422 e. The molecule has 82 valence electrons. The number of hydrogen-bond acceptors (Lipinski definition) is 3. The molecule has 0 aliphatic rings. The van der Waals surface area contributed by atoms with Crippen molar-refractivity contribution in [1.82, 2.24) is 0 Å². The lowest BCUT2D eigenvalue weighted by Gasteiger charge is -2.03. The molecule has 0 aliphatic heterocycles. The molecule has 0 radical (unpaired) electrons. The Balaban J connectivity index is 2.96. The van der Waals surface area contributed by atoms with Crippen LogP contribution in [0.2, 0.25) is 5.02 Å². The Morgan fingerprint density at radius 2 is 2.12 bits per heavy atom. The van der Waals surface area contributed by atoms with Crippen molar-refractivity contribution in [3.63, 3.8) is 0 Å². The minimum Gasteiger partial charge on any atom is -0.422 e. The van der Waals surface area contributed by atoms with Gasteiger partial charge in [-0.25, -0.2) is 4.79 Å². The predicted octanol–water partition coefficient (Wildman–Crippen LogP) is 3.41. The summed E-state index contributed by atoms with van der Waals surface area (Å²) >= 11 is 9.30. The van der Waals surface area contributed by atoms with Crippen LogP contribution in [0.4, 0.5) is 0 Å². The number of fused-ring (bicyclic) bond motifs is 1. The molecule has 0 saturated carbocycles. The summed E-state index contributed by atoms with van der Waals surface area (Å²) in [7, 11) is 0. The second-order valence-corrected chi connectivity index (χ2v) is 4.57. The average Bonchev–Trinajstić information content (AvgIpc) is 2.19. The molecule has 0 atom stereocenters. The predicted molar refractivity (Wildman–Crippen MR) is 65.2 cm³/mol. The van der Waals surface area contributed by atoms with Crippen LogP contribution in [0, 0.1) is 0 Å². The number of carbonyl (C=O) groups excluding carboxylic acids is 1. The van der Waals surface area contributed by atoms with Crippen molar-refractivity contribution < 1.29 is 9.21 Å². The van der Waals surface area contributed by atoms with Crippen molar-refractivity contribution in [2.75, 3.05) is 0 Å². The van der Waals surface area contributed by atoms with Gasteiger partial charge in [-0.15, -0.1) is 0 Å². The van der Waals surface area contributed by atoms with Gasteiger partial charge in [-0.3, -0.25) is 4.79 Å². The monoisotopic (exact) mass is 300 g/mol. The van der Waals surface area contributed by atoms with Gasteiger partial charge in [-0.2, -0.15) is 0 Å². The maximum atomic E-state index is 11.5. The van der Waals surface area contributed by atoms with Gasteiger partial charge in [-0.1, -0.05) is 27.5 Å². The van der Waals surface area contributed by atoms with Crippen molar-refractivity contribution in [1.29, 1.82) is 0 Å². The Hall–Kier alpha value is -1.13. The molecule has 0 aliphatic carbocycles. The molecule has 0 unspecified atom stereocenters. The van der Waals surface area contributed by atoms with Crippen molar-refractivity contribution in [2.45, 2.75) is 6.92 Å². The fourth-order valence-electron chi connectivity index (χ4n) is 1.44. The zero-order valence-electron chi connectivity index (χ0n) is 8.21. The first-order valence-electron chi connectivity index (χ1n) is 4.43. The summed E-state index contributed by atoms with van der Waals surface area (Å²) in [6.07, 6.45) is 0. The lowest BCUT2D eigenvalue weighted by Crippen LogP contribution is -2.12. The molecular weight excluding hydrogens is 295 g/mol. The summed E-state index contributed by atoms with van der Waals surface area (Å²) in [5.74, 6) is -0.402. The van der Waals surface area contributed by atoms with Crippen LogP contribution >= 0.6 is 27.5 Å². The molecule has 16 heavy (non-hydrogen) atoms. The molecular formula is C11H6BrClO3. The molecule has 0 fully saturated rings. The normalized spacial score (nSPS) is 10.7. The Bertz CT molecular complexity index is 645. The van der Waals surface area contributed by atoms with Crippen LogP contribution in [-0.4, -0.2) is 5.78 Å². The number of rotatable bonds is 1. The van der Waals surface area contributed by atoms with Gasteiger partial charge in [0.1, 0.15) is 11.1 Å². The maximum absolute atomic E-state index is 11.5. The highest BCUT2D eigenvalue weighted by Crippen LogP contribution is 2.27. The Kier molecular flexibility index (Phi) is 2.86. The van der Waals surface area contributed by atoms with E-state index in [1.165, 1.54) is 6.92 Å². The zero-order chi connectivity index (χ0) is 11.9. The van der Waals surface area contributed by atoms with Gasteiger partial charge in [0.05, 0.1) is 5.02 Å². The number of Topliss-reactive ketones (excluding diaryl/α,β-unsaturated/α-hetero) is 1. The van der Waals surface area contributed by atoms with E-state index >= 15 is 0 Å². The van der Waals surface area contributed by atoms with Gasteiger partial charge < -0.3 is 4.42 Å². The number of benzene rings is 1. The Labute approximate surface area is 104 Å². The average molecular weight is 302 g/mol. The van der Waals surface area contributed by atoms with Gasteiger partial charge >= 0.3 is 5.63 Å². The first-order valence-corrected chi connectivity index (χ1v) is 5.60. The number of hydrogen-bond donors (Lipinski definition) is 0. The van der Waals surface area contributed by atoms with E-state index in [9.17, 15) is 9.59 Å². The number of carbonyl (C=O) groups is 1. The molecule has 0 spiro atoms. The van der Waals surface area contributed by atoms with Gasteiger partial charge in [0.2, 0.25) is 0 Å². The highest BCUT2D eigenvalue weighted by atomic mass is 79.9. The molecule has 0 bridgehead atoms. The van der Waals surface area contributed by atoms with Gasteiger partial charge in [0.15, 0.2) is 5.78 Å². The van der Waals surface area contributed by atoms with Crippen molar-refractivity contribution in [3.8, 4) is 0 Å². The molecule has 0 N–H and O–H groups in total. The summed E-state index contributed by atoms with van der Waals surface area (Å²) in [6.45, 7) is 1.28.